The number of hydrogen-bond donors (Lipinski definition) is 1. The van der Waals surface area contributed by atoms with Crippen LogP contribution in [-0.4, -0.2) is 22.8 Å². The van der Waals surface area contributed by atoms with Crippen molar-refractivity contribution < 1.29 is 14.6 Å². The first-order valence-electron chi connectivity index (χ1n) is 5.95. The molecule has 1 heterocycles. The van der Waals surface area contributed by atoms with Gasteiger partial charge in [0.2, 0.25) is 0 Å². The maximum absolute atomic E-state index is 10.5. The van der Waals surface area contributed by atoms with Crippen molar-refractivity contribution in [2.45, 2.75) is 19.3 Å². The summed E-state index contributed by atoms with van der Waals surface area (Å²) in [4.78, 5) is 10.5. The molecule has 0 unspecified atom stereocenters. The first-order valence-corrected chi connectivity index (χ1v) is 5.95. The number of carboxylic acid groups (broad SMARTS) is 1. The van der Waals surface area contributed by atoms with Crippen LogP contribution < -0.4 is 4.74 Å². The smallest absolute Gasteiger partial charge is 0.303 e. The maximum Gasteiger partial charge on any atom is 0.303 e. The molecule has 0 aliphatic carbocycles. The second-order valence-corrected chi connectivity index (χ2v) is 4.40. The van der Waals surface area contributed by atoms with E-state index in [1.54, 1.807) is 7.11 Å². The molecule has 0 saturated heterocycles. The van der Waals surface area contributed by atoms with E-state index in [1.807, 2.05) is 25.2 Å². The number of methoxy groups -OCH3 is 1. The summed E-state index contributed by atoms with van der Waals surface area (Å²) in [6.45, 7) is 0. The van der Waals surface area contributed by atoms with Crippen molar-refractivity contribution in [3.63, 3.8) is 0 Å². The number of aromatic nitrogens is 1. The normalized spacial score (nSPS) is 10.8. The van der Waals surface area contributed by atoms with Crippen molar-refractivity contribution in [1.82, 2.24) is 4.57 Å². The van der Waals surface area contributed by atoms with Gasteiger partial charge in [0.1, 0.15) is 5.75 Å². The van der Waals surface area contributed by atoms with Crippen LogP contribution in [0.2, 0.25) is 0 Å². The first-order chi connectivity index (χ1) is 8.61. The molecular formula is C14H17NO3. The van der Waals surface area contributed by atoms with Crippen LogP contribution in [0.1, 0.15) is 18.4 Å². The van der Waals surface area contributed by atoms with Gasteiger partial charge in [-0.2, -0.15) is 0 Å². The molecule has 4 heteroatoms. The molecule has 0 fully saturated rings. The Morgan fingerprint density at radius 2 is 2.22 bits per heavy atom. The minimum Gasteiger partial charge on any atom is -0.497 e. The molecule has 0 spiro atoms. The van der Waals surface area contributed by atoms with Gasteiger partial charge in [-0.3, -0.25) is 4.79 Å². The van der Waals surface area contributed by atoms with Gasteiger partial charge in [-0.25, -0.2) is 0 Å². The monoisotopic (exact) mass is 247 g/mol. The SMILES string of the molecule is COc1ccc2c(c1)c(CCCC(=O)O)cn2C. The summed E-state index contributed by atoms with van der Waals surface area (Å²) in [5.41, 5.74) is 2.31. The number of benzene rings is 1. The molecule has 0 saturated carbocycles. The summed E-state index contributed by atoms with van der Waals surface area (Å²) in [6.07, 6.45) is 3.70. The van der Waals surface area contributed by atoms with Gasteiger partial charge < -0.3 is 14.4 Å². The van der Waals surface area contributed by atoms with Gasteiger partial charge in [0, 0.05) is 30.6 Å². The lowest BCUT2D eigenvalue weighted by Crippen LogP contribution is -1.95. The summed E-state index contributed by atoms with van der Waals surface area (Å²) in [7, 11) is 3.64. The minimum atomic E-state index is -0.743. The number of carboxylic acids is 1. The lowest BCUT2D eigenvalue weighted by atomic mass is 10.1. The molecule has 0 aliphatic heterocycles. The predicted octanol–water partition coefficient (Wildman–Crippen LogP) is 2.59. The zero-order chi connectivity index (χ0) is 13.1. The maximum atomic E-state index is 10.5. The number of ether oxygens (including phenoxy) is 1. The number of carbonyl (C=O) groups is 1. The van der Waals surface area contributed by atoms with Crippen molar-refractivity contribution in [2.75, 3.05) is 7.11 Å². The van der Waals surface area contributed by atoms with Crippen molar-refractivity contribution in [2.24, 2.45) is 7.05 Å². The molecule has 0 amide bonds. The molecule has 0 aliphatic rings. The van der Waals surface area contributed by atoms with Gasteiger partial charge in [0.25, 0.3) is 0 Å². The Bertz CT molecular complexity index is 572. The molecule has 0 atom stereocenters. The Balaban J connectivity index is 2.28. The van der Waals surface area contributed by atoms with Gasteiger partial charge in [0.05, 0.1) is 7.11 Å². The Hall–Kier alpha value is -1.97. The molecule has 0 radical (unpaired) electrons. The number of rotatable bonds is 5. The highest BCUT2D eigenvalue weighted by Crippen LogP contribution is 2.26. The number of hydrogen-bond acceptors (Lipinski definition) is 2. The molecule has 2 rings (SSSR count). The molecule has 0 bridgehead atoms. The number of aliphatic carboxylic acids is 1. The number of nitrogens with zero attached hydrogens (tertiary/aromatic N) is 1. The quantitative estimate of drug-likeness (QED) is 0.883. The predicted molar refractivity (Wildman–Crippen MR) is 70.0 cm³/mol. The van der Waals surface area contributed by atoms with E-state index < -0.39 is 5.97 Å². The van der Waals surface area contributed by atoms with Gasteiger partial charge in [-0.05, 0) is 36.6 Å². The van der Waals surface area contributed by atoms with Gasteiger partial charge in [-0.15, -0.1) is 0 Å². The topological polar surface area (TPSA) is 51.5 Å². The highest BCUT2D eigenvalue weighted by molar-refractivity contribution is 5.85. The van der Waals surface area contributed by atoms with Crippen LogP contribution >= 0.6 is 0 Å². The third-order valence-corrected chi connectivity index (χ3v) is 3.12. The molecular weight excluding hydrogens is 230 g/mol. The summed E-state index contributed by atoms with van der Waals surface area (Å²) >= 11 is 0. The standard InChI is InChI=1S/C14H17NO3/c1-15-9-10(4-3-5-14(16)17)12-8-11(18-2)6-7-13(12)15/h6-9H,3-5H2,1-2H3,(H,16,17). The van der Waals surface area contributed by atoms with E-state index in [0.717, 1.165) is 23.1 Å². The van der Waals surface area contributed by atoms with E-state index in [1.165, 1.54) is 5.56 Å². The molecule has 1 N–H and O–H groups in total. The van der Waals surface area contributed by atoms with Crippen LogP contribution in [0.25, 0.3) is 10.9 Å². The van der Waals surface area contributed by atoms with E-state index in [9.17, 15) is 4.79 Å². The van der Waals surface area contributed by atoms with Crippen molar-refractivity contribution in [3.8, 4) is 5.75 Å². The lowest BCUT2D eigenvalue weighted by Gasteiger charge is -2.02. The fraction of sp³-hybridized carbons (Fsp3) is 0.357. The Labute approximate surface area is 106 Å². The van der Waals surface area contributed by atoms with Crippen LogP contribution in [0.15, 0.2) is 24.4 Å². The third kappa shape index (κ3) is 2.47. The summed E-state index contributed by atoms with van der Waals surface area (Å²) in [5.74, 6) is 0.0843. The third-order valence-electron chi connectivity index (χ3n) is 3.12. The minimum absolute atomic E-state index is 0.209. The van der Waals surface area contributed by atoms with Crippen LogP contribution in [0, 0.1) is 0 Å². The Morgan fingerprint density at radius 1 is 1.44 bits per heavy atom. The second-order valence-electron chi connectivity index (χ2n) is 4.40. The summed E-state index contributed by atoms with van der Waals surface area (Å²) < 4.78 is 7.29. The first kappa shape index (κ1) is 12.5. The number of aryl methyl sites for hydroxylation is 2. The van der Waals surface area contributed by atoms with E-state index in [4.69, 9.17) is 9.84 Å². The fourth-order valence-corrected chi connectivity index (χ4v) is 2.21. The van der Waals surface area contributed by atoms with Crippen molar-refractivity contribution >= 4 is 16.9 Å². The van der Waals surface area contributed by atoms with E-state index in [2.05, 4.69) is 10.8 Å². The zero-order valence-electron chi connectivity index (χ0n) is 10.6. The van der Waals surface area contributed by atoms with Crippen LogP contribution in [0.3, 0.4) is 0 Å². The highest BCUT2D eigenvalue weighted by atomic mass is 16.5. The number of fused-ring (bicyclic) bond motifs is 1. The molecule has 2 aromatic rings. The molecule has 1 aromatic carbocycles. The second kappa shape index (κ2) is 5.12. The average molecular weight is 247 g/mol. The van der Waals surface area contributed by atoms with Gasteiger partial charge in [-0.1, -0.05) is 0 Å². The molecule has 18 heavy (non-hydrogen) atoms. The highest BCUT2D eigenvalue weighted by Gasteiger charge is 2.08. The summed E-state index contributed by atoms with van der Waals surface area (Å²) in [6, 6.07) is 5.96. The van der Waals surface area contributed by atoms with Gasteiger partial charge >= 0.3 is 5.97 Å². The molecule has 4 nitrogen and oxygen atoms in total. The van der Waals surface area contributed by atoms with Crippen molar-refractivity contribution in [3.05, 3.63) is 30.0 Å². The van der Waals surface area contributed by atoms with Gasteiger partial charge in [0.15, 0.2) is 0 Å². The average Bonchev–Trinajstić information content (AvgIpc) is 2.65. The van der Waals surface area contributed by atoms with E-state index >= 15 is 0 Å². The van der Waals surface area contributed by atoms with Crippen LogP contribution in [0.5, 0.6) is 5.75 Å². The molecule has 1 aromatic heterocycles. The summed E-state index contributed by atoms with van der Waals surface area (Å²) in [5, 5.41) is 9.81. The lowest BCUT2D eigenvalue weighted by molar-refractivity contribution is -0.137. The van der Waals surface area contributed by atoms with Crippen LogP contribution in [-0.2, 0) is 18.3 Å². The largest absolute Gasteiger partial charge is 0.497 e. The Kier molecular flexibility index (Phi) is 3.55. The van der Waals surface area contributed by atoms with E-state index in [0.29, 0.717) is 6.42 Å². The van der Waals surface area contributed by atoms with E-state index in [-0.39, 0.29) is 6.42 Å². The molecule has 96 valence electrons. The van der Waals surface area contributed by atoms with Crippen LogP contribution in [0.4, 0.5) is 0 Å². The zero-order valence-corrected chi connectivity index (χ0v) is 10.6. The van der Waals surface area contributed by atoms with Crippen molar-refractivity contribution in [1.29, 1.82) is 0 Å². The fourth-order valence-electron chi connectivity index (χ4n) is 2.21. The Morgan fingerprint density at radius 3 is 2.89 bits per heavy atom.